The second kappa shape index (κ2) is 4.05. The quantitative estimate of drug-likeness (QED) is 0.827. The summed E-state index contributed by atoms with van der Waals surface area (Å²) in [5.41, 5.74) is 3.13. The molecule has 0 spiro atoms. The monoisotopic (exact) mass is 231 g/mol. The van der Waals surface area contributed by atoms with Crippen LogP contribution < -0.4 is 5.56 Å². The molecule has 0 saturated heterocycles. The topological polar surface area (TPSA) is 70.2 Å². The van der Waals surface area contributed by atoms with Crippen LogP contribution in [0.3, 0.4) is 0 Å². The Morgan fingerprint density at radius 1 is 1.24 bits per heavy atom. The van der Waals surface area contributed by atoms with E-state index in [4.69, 9.17) is 5.11 Å². The first-order chi connectivity index (χ1) is 7.97. The molecule has 4 nitrogen and oxygen atoms in total. The van der Waals surface area contributed by atoms with Crippen molar-refractivity contribution < 1.29 is 9.90 Å². The van der Waals surface area contributed by atoms with E-state index in [1.165, 1.54) is 6.07 Å². The molecule has 88 valence electrons. The summed E-state index contributed by atoms with van der Waals surface area (Å²) in [7, 11) is 0. The summed E-state index contributed by atoms with van der Waals surface area (Å²) in [5.74, 6) is -0.935. The molecule has 0 aliphatic rings. The number of nitrogens with one attached hydrogen (secondary N) is 1. The molecule has 0 bridgehead atoms. The molecule has 2 N–H and O–H groups in total. The first-order valence-corrected chi connectivity index (χ1v) is 5.32. The van der Waals surface area contributed by atoms with Crippen molar-refractivity contribution in [2.75, 3.05) is 0 Å². The maximum absolute atomic E-state index is 11.4. The summed E-state index contributed by atoms with van der Waals surface area (Å²) in [6.07, 6.45) is -0.136. The molecule has 0 fully saturated rings. The van der Waals surface area contributed by atoms with Crippen molar-refractivity contribution in [2.45, 2.75) is 20.3 Å². The van der Waals surface area contributed by atoms with Gasteiger partial charge in [0.1, 0.15) is 0 Å². The fourth-order valence-electron chi connectivity index (χ4n) is 1.90. The minimum Gasteiger partial charge on any atom is -0.481 e. The zero-order valence-corrected chi connectivity index (χ0v) is 9.70. The molecule has 0 aliphatic heterocycles. The number of H-pyrrole nitrogens is 1. The predicted octanol–water partition coefficient (Wildman–Crippen LogP) is 1.77. The van der Waals surface area contributed by atoms with E-state index >= 15 is 0 Å². The molecule has 0 atom stereocenters. The van der Waals surface area contributed by atoms with Crippen molar-refractivity contribution in [3.63, 3.8) is 0 Å². The van der Waals surface area contributed by atoms with Crippen LogP contribution in [-0.2, 0) is 11.2 Å². The number of aryl methyl sites for hydroxylation is 2. The SMILES string of the molecule is Cc1cc2[nH]c(=O)cc(CC(=O)O)c2cc1C. The van der Waals surface area contributed by atoms with Gasteiger partial charge in [0.2, 0.25) is 5.56 Å². The summed E-state index contributed by atoms with van der Waals surface area (Å²) in [6.45, 7) is 3.92. The van der Waals surface area contributed by atoms with Crippen LogP contribution >= 0.6 is 0 Å². The van der Waals surface area contributed by atoms with Crippen molar-refractivity contribution in [1.29, 1.82) is 0 Å². The number of aromatic amines is 1. The van der Waals surface area contributed by atoms with Gasteiger partial charge < -0.3 is 10.1 Å². The smallest absolute Gasteiger partial charge is 0.307 e. The molecule has 2 rings (SSSR count). The van der Waals surface area contributed by atoms with Crippen molar-refractivity contribution in [3.8, 4) is 0 Å². The van der Waals surface area contributed by atoms with Crippen molar-refractivity contribution in [1.82, 2.24) is 4.98 Å². The highest BCUT2D eigenvalue weighted by atomic mass is 16.4. The summed E-state index contributed by atoms with van der Waals surface area (Å²) in [5, 5.41) is 9.63. The van der Waals surface area contributed by atoms with Gasteiger partial charge in [-0.2, -0.15) is 0 Å². The number of carboxylic acids is 1. The molecule has 0 aliphatic carbocycles. The second-order valence-corrected chi connectivity index (χ2v) is 4.21. The molecule has 1 aromatic heterocycles. The van der Waals surface area contributed by atoms with Crippen LogP contribution in [-0.4, -0.2) is 16.1 Å². The van der Waals surface area contributed by atoms with Gasteiger partial charge in [-0.15, -0.1) is 0 Å². The van der Waals surface area contributed by atoms with E-state index in [-0.39, 0.29) is 12.0 Å². The predicted molar refractivity (Wildman–Crippen MR) is 65.4 cm³/mol. The van der Waals surface area contributed by atoms with E-state index in [0.29, 0.717) is 11.1 Å². The number of pyridine rings is 1. The van der Waals surface area contributed by atoms with Gasteiger partial charge in [0.25, 0.3) is 0 Å². The first-order valence-electron chi connectivity index (χ1n) is 5.32. The summed E-state index contributed by atoms with van der Waals surface area (Å²) < 4.78 is 0. The average Bonchev–Trinajstić information content (AvgIpc) is 2.20. The largest absolute Gasteiger partial charge is 0.481 e. The van der Waals surface area contributed by atoms with Gasteiger partial charge >= 0.3 is 5.97 Å². The average molecular weight is 231 g/mol. The van der Waals surface area contributed by atoms with Gasteiger partial charge in [0.15, 0.2) is 0 Å². The Balaban J connectivity index is 2.78. The third-order valence-corrected chi connectivity index (χ3v) is 2.88. The molecule has 2 aromatic rings. The number of hydrogen-bond donors (Lipinski definition) is 2. The van der Waals surface area contributed by atoms with E-state index < -0.39 is 5.97 Å². The van der Waals surface area contributed by atoms with E-state index in [2.05, 4.69) is 4.98 Å². The Morgan fingerprint density at radius 3 is 2.53 bits per heavy atom. The minimum absolute atomic E-state index is 0.136. The third kappa shape index (κ3) is 2.20. The van der Waals surface area contributed by atoms with E-state index in [1.807, 2.05) is 26.0 Å². The van der Waals surface area contributed by atoms with Gasteiger partial charge in [-0.3, -0.25) is 9.59 Å². The zero-order chi connectivity index (χ0) is 12.6. The van der Waals surface area contributed by atoms with Gasteiger partial charge in [0, 0.05) is 17.0 Å². The number of aliphatic carboxylic acids is 1. The molecule has 17 heavy (non-hydrogen) atoms. The first kappa shape index (κ1) is 11.4. The fourth-order valence-corrected chi connectivity index (χ4v) is 1.90. The van der Waals surface area contributed by atoms with Crippen LogP contribution in [0.2, 0.25) is 0 Å². The number of carboxylic acid groups (broad SMARTS) is 1. The standard InChI is InChI=1S/C13H13NO3/c1-7-3-10-9(6-13(16)17)5-12(15)14-11(10)4-8(7)2/h3-5H,6H2,1-2H3,(H,14,15)(H,16,17). The molecule has 1 aromatic carbocycles. The third-order valence-electron chi connectivity index (χ3n) is 2.88. The lowest BCUT2D eigenvalue weighted by Gasteiger charge is -2.07. The van der Waals surface area contributed by atoms with Gasteiger partial charge in [-0.05, 0) is 42.7 Å². The Bertz CT molecular complexity index is 655. The van der Waals surface area contributed by atoms with Crippen LogP contribution in [0.5, 0.6) is 0 Å². The Labute approximate surface area is 97.9 Å². The summed E-state index contributed by atoms with van der Waals surface area (Å²) in [6, 6.07) is 5.14. The van der Waals surface area contributed by atoms with Crippen molar-refractivity contribution in [3.05, 3.63) is 45.2 Å². The fraction of sp³-hybridized carbons (Fsp3) is 0.231. The zero-order valence-electron chi connectivity index (χ0n) is 9.70. The molecule has 1 heterocycles. The molecular weight excluding hydrogens is 218 g/mol. The van der Waals surface area contributed by atoms with Gasteiger partial charge in [0.05, 0.1) is 6.42 Å². The number of rotatable bonds is 2. The van der Waals surface area contributed by atoms with Gasteiger partial charge in [-0.25, -0.2) is 0 Å². The lowest BCUT2D eigenvalue weighted by atomic mass is 10.0. The number of aromatic nitrogens is 1. The second-order valence-electron chi connectivity index (χ2n) is 4.21. The van der Waals surface area contributed by atoms with Crippen LogP contribution in [0.15, 0.2) is 23.0 Å². The lowest BCUT2D eigenvalue weighted by Crippen LogP contribution is -2.10. The highest BCUT2D eigenvalue weighted by molar-refractivity contribution is 5.86. The van der Waals surface area contributed by atoms with Gasteiger partial charge in [-0.1, -0.05) is 0 Å². The van der Waals surface area contributed by atoms with Crippen LogP contribution in [0, 0.1) is 13.8 Å². The van der Waals surface area contributed by atoms with Crippen LogP contribution in [0.4, 0.5) is 0 Å². The molecule has 0 radical (unpaired) electrons. The molecule has 0 amide bonds. The van der Waals surface area contributed by atoms with E-state index in [1.54, 1.807) is 0 Å². The Morgan fingerprint density at radius 2 is 1.88 bits per heavy atom. The van der Waals surface area contributed by atoms with Crippen molar-refractivity contribution in [2.24, 2.45) is 0 Å². The summed E-state index contributed by atoms with van der Waals surface area (Å²) in [4.78, 5) is 24.9. The van der Waals surface area contributed by atoms with Crippen LogP contribution in [0.25, 0.3) is 10.9 Å². The highest BCUT2D eigenvalue weighted by Gasteiger charge is 2.08. The van der Waals surface area contributed by atoms with Crippen LogP contribution in [0.1, 0.15) is 16.7 Å². The normalized spacial score (nSPS) is 10.7. The molecule has 4 heteroatoms. The maximum Gasteiger partial charge on any atom is 0.307 e. The number of fused-ring (bicyclic) bond motifs is 1. The Kier molecular flexibility index (Phi) is 2.71. The Hall–Kier alpha value is -2.10. The molecular formula is C13H13NO3. The minimum atomic E-state index is -0.935. The molecule has 0 saturated carbocycles. The maximum atomic E-state index is 11.4. The highest BCUT2D eigenvalue weighted by Crippen LogP contribution is 2.20. The molecule has 0 unspecified atom stereocenters. The number of benzene rings is 1. The van der Waals surface area contributed by atoms with E-state index in [9.17, 15) is 9.59 Å². The van der Waals surface area contributed by atoms with Crippen molar-refractivity contribution >= 4 is 16.9 Å². The number of hydrogen-bond acceptors (Lipinski definition) is 2. The summed E-state index contributed by atoms with van der Waals surface area (Å²) >= 11 is 0. The number of carbonyl (C=O) groups is 1. The van der Waals surface area contributed by atoms with E-state index in [0.717, 1.165) is 16.5 Å². The lowest BCUT2D eigenvalue weighted by molar-refractivity contribution is -0.136.